The van der Waals surface area contributed by atoms with Crippen LogP contribution < -0.4 is 16.0 Å². The molecule has 0 aromatic heterocycles. The van der Waals surface area contributed by atoms with Crippen molar-refractivity contribution < 1.29 is 0 Å². The minimum atomic E-state index is -0.205. The Balaban J connectivity index is 1.08. The number of allylic oxidation sites excluding steroid dienone is 4. The van der Waals surface area contributed by atoms with Crippen LogP contribution in [-0.2, 0) is 0 Å². The first-order valence-electron chi connectivity index (χ1n) is 16.8. The Morgan fingerprint density at radius 3 is 1.79 bits per heavy atom. The van der Waals surface area contributed by atoms with Crippen LogP contribution in [0.5, 0.6) is 0 Å². The third-order valence-corrected chi connectivity index (χ3v) is 9.40. The van der Waals surface area contributed by atoms with Crippen LogP contribution in [0.1, 0.15) is 46.8 Å². The van der Waals surface area contributed by atoms with Crippen LogP contribution >= 0.6 is 0 Å². The lowest BCUT2D eigenvalue weighted by molar-refractivity contribution is 0.439. The largest absolute Gasteiger partial charge is 0.381 e. The average molecular weight is 623 g/mol. The molecular weight excluding hydrogens is 585 g/mol. The molecule has 5 aromatic carbocycles. The standard InChI is InChI=1S/C44H38N4/c1-3-10-31(11-4-1)33-19-25-37(26-20-33)42-46-43(38-27-21-34(22-28-38)32-12-5-2-6-13-32)48-44(47-42)40-15-9-14-39(30-40)35-17-23-36(24-18-35)41-16-7-8-29-45-41/h1-13,15-30,39,41-42,44-45,47H,14H2,(H,46,48). The van der Waals surface area contributed by atoms with Crippen molar-refractivity contribution in [1.29, 1.82) is 0 Å². The van der Waals surface area contributed by atoms with Gasteiger partial charge < -0.3 is 10.6 Å². The van der Waals surface area contributed by atoms with Crippen molar-refractivity contribution in [3.05, 3.63) is 204 Å². The molecule has 5 aromatic rings. The lowest BCUT2D eigenvalue weighted by Crippen LogP contribution is -2.52. The van der Waals surface area contributed by atoms with Gasteiger partial charge in [0, 0.05) is 11.5 Å². The van der Waals surface area contributed by atoms with Crippen LogP contribution in [0.4, 0.5) is 0 Å². The van der Waals surface area contributed by atoms with E-state index >= 15 is 0 Å². The number of hydrogen-bond acceptors (Lipinski definition) is 4. The zero-order chi connectivity index (χ0) is 32.1. The Hall–Kier alpha value is -5.71. The molecule has 2 aliphatic heterocycles. The summed E-state index contributed by atoms with van der Waals surface area (Å²) in [5.41, 5.74) is 10.8. The molecule has 48 heavy (non-hydrogen) atoms. The molecule has 0 spiro atoms. The lowest BCUT2D eigenvalue weighted by atomic mass is 9.87. The molecule has 2 heterocycles. The molecule has 1 aliphatic carbocycles. The zero-order valence-electron chi connectivity index (χ0n) is 26.7. The SMILES string of the molecule is C1=CNC(c2ccc(C3C=C(C4NC(c5ccc(-c6ccccc6)cc5)=NC(c5ccc(-c6ccccc6)cc5)N4)C=CC3)cc2)C=C1. The second-order valence-electron chi connectivity index (χ2n) is 12.5. The minimum absolute atomic E-state index is 0.105. The van der Waals surface area contributed by atoms with Gasteiger partial charge in [-0.3, -0.25) is 5.32 Å². The summed E-state index contributed by atoms with van der Waals surface area (Å²) in [4.78, 5) is 5.23. The van der Waals surface area contributed by atoms with E-state index in [9.17, 15) is 0 Å². The highest BCUT2D eigenvalue weighted by molar-refractivity contribution is 6.00. The highest BCUT2D eigenvalue weighted by Gasteiger charge is 2.28. The van der Waals surface area contributed by atoms with E-state index in [1.807, 2.05) is 12.3 Å². The molecule has 4 nitrogen and oxygen atoms in total. The van der Waals surface area contributed by atoms with Gasteiger partial charge in [-0.2, -0.15) is 0 Å². The van der Waals surface area contributed by atoms with Gasteiger partial charge in [0.25, 0.3) is 0 Å². The van der Waals surface area contributed by atoms with Gasteiger partial charge in [0.15, 0.2) is 0 Å². The maximum atomic E-state index is 5.23. The summed E-state index contributed by atoms with van der Waals surface area (Å²) in [7, 11) is 0. The second-order valence-corrected chi connectivity index (χ2v) is 12.5. The van der Waals surface area contributed by atoms with E-state index in [-0.39, 0.29) is 18.4 Å². The van der Waals surface area contributed by atoms with E-state index in [2.05, 4.69) is 180 Å². The first-order valence-corrected chi connectivity index (χ1v) is 16.8. The molecular formula is C44H38N4. The van der Waals surface area contributed by atoms with Crippen LogP contribution in [0.3, 0.4) is 0 Å². The van der Waals surface area contributed by atoms with Crippen molar-refractivity contribution in [3.63, 3.8) is 0 Å². The molecule has 4 unspecified atom stereocenters. The highest BCUT2D eigenvalue weighted by atomic mass is 15.3. The number of nitrogens with one attached hydrogen (secondary N) is 3. The monoisotopic (exact) mass is 622 g/mol. The number of aliphatic imine (C=N–C) groups is 1. The topological polar surface area (TPSA) is 48.5 Å². The van der Waals surface area contributed by atoms with Crippen molar-refractivity contribution in [2.75, 3.05) is 0 Å². The third kappa shape index (κ3) is 6.44. The number of dihydropyridines is 1. The molecule has 234 valence electrons. The van der Waals surface area contributed by atoms with Gasteiger partial charge >= 0.3 is 0 Å². The lowest BCUT2D eigenvalue weighted by Gasteiger charge is -2.34. The van der Waals surface area contributed by atoms with Gasteiger partial charge in [-0.1, -0.05) is 164 Å². The van der Waals surface area contributed by atoms with E-state index in [0.29, 0.717) is 5.92 Å². The van der Waals surface area contributed by atoms with Crippen molar-refractivity contribution in [2.45, 2.75) is 30.7 Å². The Morgan fingerprint density at radius 1 is 0.562 bits per heavy atom. The second kappa shape index (κ2) is 13.6. The van der Waals surface area contributed by atoms with E-state index in [4.69, 9.17) is 4.99 Å². The molecule has 0 saturated heterocycles. The quantitative estimate of drug-likeness (QED) is 0.170. The summed E-state index contributed by atoms with van der Waals surface area (Å²) in [6, 6.07) is 47.8. The Kier molecular flexibility index (Phi) is 8.39. The number of nitrogens with zero attached hydrogens (tertiary/aromatic N) is 1. The van der Waals surface area contributed by atoms with Crippen LogP contribution in [0.2, 0.25) is 0 Å². The van der Waals surface area contributed by atoms with Gasteiger partial charge in [-0.25, -0.2) is 4.99 Å². The fourth-order valence-electron chi connectivity index (χ4n) is 6.72. The van der Waals surface area contributed by atoms with Crippen LogP contribution in [0, 0.1) is 0 Å². The van der Waals surface area contributed by atoms with E-state index < -0.39 is 0 Å². The molecule has 4 atom stereocenters. The number of benzene rings is 5. The molecule has 8 rings (SSSR count). The van der Waals surface area contributed by atoms with Gasteiger partial charge in [-0.05, 0) is 63.2 Å². The average Bonchev–Trinajstić information content (AvgIpc) is 3.19. The Bertz CT molecular complexity index is 2000. The number of amidine groups is 1. The first kappa shape index (κ1) is 29.7. The van der Waals surface area contributed by atoms with Crippen molar-refractivity contribution in [3.8, 4) is 22.3 Å². The molecule has 0 radical (unpaired) electrons. The summed E-state index contributed by atoms with van der Waals surface area (Å²) in [6.07, 6.45) is 16.0. The minimum Gasteiger partial charge on any atom is -0.381 e. The molecule has 3 aliphatic rings. The number of hydrogen-bond donors (Lipinski definition) is 3. The Morgan fingerprint density at radius 2 is 1.15 bits per heavy atom. The summed E-state index contributed by atoms with van der Waals surface area (Å²) in [6.45, 7) is 0. The van der Waals surface area contributed by atoms with Gasteiger partial charge in [0.05, 0.1) is 6.04 Å². The third-order valence-electron chi connectivity index (χ3n) is 9.40. The van der Waals surface area contributed by atoms with Gasteiger partial charge in [0.2, 0.25) is 0 Å². The maximum absolute atomic E-state index is 5.23. The normalized spacial score (nSPS) is 21.5. The predicted molar refractivity (Wildman–Crippen MR) is 198 cm³/mol. The maximum Gasteiger partial charge on any atom is 0.131 e. The molecule has 4 heteroatoms. The predicted octanol–water partition coefficient (Wildman–Crippen LogP) is 9.37. The van der Waals surface area contributed by atoms with Crippen LogP contribution in [-0.4, -0.2) is 12.0 Å². The number of rotatable bonds is 7. The fraction of sp³-hybridized carbons (Fsp3) is 0.114. The fourth-order valence-corrected chi connectivity index (χ4v) is 6.72. The molecule has 0 saturated carbocycles. The van der Waals surface area contributed by atoms with Crippen molar-refractivity contribution in [2.24, 2.45) is 4.99 Å². The first-order chi connectivity index (χ1) is 23.8. The van der Waals surface area contributed by atoms with Gasteiger partial charge in [-0.15, -0.1) is 0 Å². The smallest absolute Gasteiger partial charge is 0.131 e. The van der Waals surface area contributed by atoms with Crippen molar-refractivity contribution in [1.82, 2.24) is 16.0 Å². The van der Waals surface area contributed by atoms with Crippen molar-refractivity contribution >= 4 is 5.84 Å². The van der Waals surface area contributed by atoms with Gasteiger partial charge in [0.1, 0.15) is 18.2 Å². The van der Waals surface area contributed by atoms with Crippen LogP contribution in [0.25, 0.3) is 22.3 Å². The molecule has 3 N–H and O–H groups in total. The molecule has 0 amide bonds. The van der Waals surface area contributed by atoms with E-state index in [1.54, 1.807) is 0 Å². The Labute approximate surface area is 283 Å². The zero-order valence-corrected chi connectivity index (χ0v) is 26.7. The van der Waals surface area contributed by atoms with E-state index in [0.717, 1.165) is 23.4 Å². The summed E-state index contributed by atoms with van der Waals surface area (Å²) >= 11 is 0. The highest BCUT2D eigenvalue weighted by Crippen LogP contribution is 2.32. The summed E-state index contributed by atoms with van der Waals surface area (Å²) in [5, 5.41) is 11.0. The van der Waals surface area contributed by atoms with Crippen LogP contribution in [0.15, 0.2) is 187 Å². The molecule has 0 bridgehead atoms. The van der Waals surface area contributed by atoms with E-state index in [1.165, 1.54) is 39.0 Å². The summed E-state index contributed by atoms with van der Waals surface area (Å²) < 4.78 is 0. The summed E-state index contributed by atoms with van der Waals surface area (Å²) in [5.74, 6) is 1.19. The molecule has 0 fully saturated rings.